The van der Waals surface area contributed by atoms with E-state index in [-0.39, 0.29) is 6.10 Å². The normalized spacial score (nSPS) is 16.6. The minimum Gasteiger partial charge on any atom is -0.389 e. The molecule has 0 radical (unpaired) electrons. The Bertz CT molecular complexity index is 287. The van der Waals surface area contributed by atoms with Gasteiger partial charge in [0.25, 0.3) is 0 Å². The first-order valence-electron chi connectivity index (χ1n) is 7.79. The van der Waals surface area contributed by atoms with Crippen molar-refractivity contribution in [3.63, 3.8) is 0 Å². The summed E-state index contributed by atoms with van der Waals surface area (Å²) in [7, 11) is -3.00. The van der Waals surface area contributed by atoms with Gasteiger partial charge in [0.05, 0.1) is 22.3 Å². The fraction of sp³-hybridized carbons (Fsp3) is 0.875. The van der Waals surface area contributed by atoms with Gasteiger partial charge >= 0.3 is 0 Å². The van der Waals surface area contributed by atoms with Crippen molar-refractivity contribution < 1.29 is 5.11 Å². The summed E-state index contributed by atoms with van der Waals surface area (Å²) in [5.41, 5.74) is 2.18. The topological polar surface area (TPSA) is 20.2 Å². The minimum absolute atomic E-state index is 0.315. The Morgan fingerprint density at radius 1 is 0.789 bits per heavy atom. The van der Waals surface area contributed by atoms with Crippen LogP contribution in [-0.2, 0) is 0 Å². The molecule has 0 bridgehead atoms. The molecule has 1 atom stereocenters. The van der Waals surface area contributed by atoms with Crippen LogP contribution < -0.4 is 0 Å². The summed E-state index contributed by atoms with van der Waals surface area (Å²) in [6.45, 7) is 23.7. The molecule has 1 N–H and O–H groups in total. The summed E-state index contributed by atoms with van der Waals surface area (Å²) in [4.78, 5) is 1.69. The second-order valence-electron chi connectivity index (χ2n) is 7.97. The van der Waals surface area contributed by atoms with E-state index in [0.717, 1.165) is 16.6 Å². The zero-order chi connectivity index (χ0) is 15.6. The largest absolute Gasteiger partial charge is 0.389 e. The zero-order valence-electron chi connectivity index (χ0n) is 14.8. The molecule has 0 aromatic rings. The molecule has 0 aliphatic heterocycles. The number of hydrogen-bond acceptors (Lipinski definition) is 1. The molecule has 114 valence electrons. The van der Waals surface area contributed by atoms with Crippen LogP contribution in [0, 0.1) is 0 Å². The molecule has 0 amide bonds. The molecule has 0 saturated heterocycles. The van der Waals surface area contributed by atoms with Crippen LogP contribution in [0.4, 0.5) is 0 Å². The Morgan fingerprint density at radius 2 is 1.11 bits per heavy atom. The highest BCUT2D eigenvalue weighted by Gasteiger charge is 2.49. The van der Waals surface area contributed by atoms with Gasteiger partial charge in [-0.1, -0.05) is 72.1 Å². The lowest BCUT2D eigenvalue weighted by Crippen LogP contribution is -2.54. The highest BCUT2D eigenvalue weighted by molar-refractivity contribution is 7.07. The van der Waals surface area contributed by atoms with Gasteiger partial charge in [-0.2, -0.15) is 0 Å². The molecular weight excluding hydrogens is 264 g/mol. The Kier molecular flexibility index (Phi) is 6.77. The smallest absolute Gasteiger partial charge is 0.0845 e. The summed E-state index contributed by atoms with van der Waals surface area (Å²) >= 11 is 0. The van der Waals surface area contributed by atoms with Crippen LogP contribution in [0.3, 0.4) is 0 Å². The highest BCUT2D eigenvalue weighted by atomic mass is 28.4. The van der Waals surface area contributed by atoms with Gasteiger partial charge in [-0.3, -0.25) is 0 Å². The highest BCUT2D eigenvalue weighted by Crippen LogP contribution is 2.49. The van der Waals surface area contributed by atoms with E-state index in [2.05, 4.69) is 67.3 Å². The third kappa shape index (κ3) is 4.05. The molecule has 0 aliphatic rings. The van der Waals surface area contributed by atoms with Crippen LogP contribution in [0.2, 0.25) is 36.3 Å². The average Bonchev–Trinajstić information content (AvgIpc) is 2.12. The van der Waals surface area contributed by atoms with Crippen LogP contribution in [0.25, 0.3) is 0 Å². The van der Waals surface area contributed by atoms with Crippen LogP contribution >= 0.6 is 0 Å². The summed E-state index contributed by atoms with van der Waals surface area (Å²) in [6, 6.07) is 0. The molecular formula is C16H36OSi2. The van der Waals surface area contributed by atoms with E-state index >= 15 is 0 Å². The van der Waals surface area contributed by atoms with E-state index in [0.29, 0.717) is 0 Å². The first-order valence-corrected chi connectivity index (χ1v) is 13.5. The van der Waals surface area contributed by atoms with E-state index in [1.165, 1.54) is 0 Å². The van der Waals surface area contributed by atoms with E-state index in [4.69, 9.17) is 0 Å². The Labute approximate surface area is 123 Å². The van der Waals surface area contributed by atoms with E-state index < -0.39 is 16.1 Å². The lowest BCUT2D eigenvalue weighted by atomic mass is 10.4. The Morgan fingerprint density at radius 3 is 1.26 bits per heavy atom. The summed E-state index contributed by atoms with van der Waals surface area (Å²) in [6.07, 6.45) is 1.91. The van der Waals surface area contributed by atoms with Crippen LogP contribution in [0.15, 0.2) is 10.9 Å². The lowest BCUT2D eigenvalue weighted by Gasteiger charge is -2.49. The van der Waals surface area contributed by atoms with Crippen molar-refractivity contribution in [3.05, 3.63) is 10.9 Å². The van der Waals surface area contributed by atoms with Crippen LogP contribution in [0.5, 0.6) is 0 Å². The van der Waals surface area contributed by atoms with Gasteiger partial charge in [-0.25, -0.2) is 0 Å². The monoisotopic (exact) mass is 300 g/mol. The Balaban J connectivity index is 6.21. The number of hydrogen-bond donors (Lipinski definition) is 1. The summed E-state index contributed by atoms with van der Waals surface area (Å²) < 4.78 is 0. The number of rotatable bonds is 6. The standard InChI is InChI=1S/C16H36OSi2/c1-12(2)19(13(3)4,14(5)6)16(11-15(7)17)18(8,9)10/h11-15,17H,1-10H3/b16-11-. The zero-order valence-corrected chi connectivity index (χ0v) is 16.8. The minimum atomic E-state index is -1.59. The van der Waals surface area contributed by atoms with Crippen molar-refractivity contribution in [3.8, 4) is 0 Å². The van der Waals surface area contributed by atoms with Gasteiger partial charge in [-0.15, -0.1) is 0 Å². The molecule has 1 unspecified atom stereocenters. The first-order chi connectivity index (χ1) is 8.38. The van der Waals surface area contributed by atoms with Crippen molar-refractivity contribution >= 4 is 16.1 Å². The van der Waals surface area contributed by atoms with Crippen LogP contribution in [-0.4, -0.2) is 27.4 Å². The van der Waals surface area contributed by atoms with E-state index in [1.54, 1.807) is 4.82 Å². The average molecular weight is 301 g/mol. The number of aliphatic hydroxyl groups excluding tert-OH is 1. The van der Waals surface area contributed by atoms with E-state index in [9.17, 15) is 5.11 Å². The fourth-order valence-electron chi connectivity index (χ4n) is 4.22. The summed E-state index contributed by atoms with van der Waals surface area (Å²) in [5.74, 6) is 0. The molecule has 0 saturated carbocycles. The van der Waals surface area contributed by atoms with Gasteiger partial charge in [-0.05, 0) is 23.5 Å². The molecule has 0 spiro atoms. The van der Waals surface area contributed by atoms with Gasteiger partial charge in [0.1, 0.15) is 0 Å². The van der Waals surface area contributed by atoms with Crippen molar-refractivity contribution in [2.24, 2.45) is 0 Å². The second-order valence-corrected chi connectivity index (χ2v) is 19.4. The molecule has 0 aromatic heterocycles. The van der Waals surface area contributed by atoms with Gasteiger partial charge < -0.3 is 5.11 Å². The molecule has 0 fully saturated rings. The maximum atomic E-state index is 9.96. The molecule has 0 heterocycles. The van der Waals surface area contributed by atoms with Crippen LogP contribution in [0.1, 0.15) is 48.5 Å². The van der Waals surface area contributed by atoms with Crippen molar-refractivity contribution in [1.82, 2.24) is 0 Å². The maximum absolute atomic E-state index is 9.96. The molecule has 19 heavy (non-hydrogen) atoms. The molecule has 1 nitrogen and oxygen atoms in total. The van der Waals surface area contributed by atoms with E-state index in [1.807, 2.05) is 6.92 Å². The first kappa shape index (κ1) is 19.1. The van der Waals surface area contributed by atoms with Gasteiger partial charge in [0, 0.05) is 0 Å². The van der Waals surface area contributed by atoms with Crippen molar-refractivity contribution in [2.75, 3.05) is 0 Å². The maximum Gasteiger partial charge on any atom is 0.0845 e. The van der Waals surface area contributed by atoms with Gasteiger partial charge in [0.15, 0.2) is 0 Å². The van der Waals surface area contributed by atoms with Crippen molar-refractivity contribution in [2.45, 2.75) is 90.8 Å². The molecule has 0 aromatic carbocycles. The second kappa shape index (κ2) is 6.73. The SMILES string of the molecule is CC(O)/C=C(/[Si](C)(C)C)[Si](C(C)C)(C(C)C)C(C)C. The third-order valence-electron chi connectivity index (χ3n) is 4.55. The lowest BCUT2D eigenvalue weighted by molar-refractivity contribution is 0.244. The summed E-state index contributed by atoms with van der Waals surface area (Å²) in [5, 5.41) is 9.96. The molecule has 0 rings (SSSR count). The quantitative estimate of drug-likeness (QED) is 0.652. The third-order valence-corrected chi connectivity index (χ3v) is 16.7. The molecule has 0 aliphatic carbocycles. The predicted octanol–water partition coefficient (Wildman–Crippen LogP) is 5.39. The predicted molar refractivity (Wildman–Crippen MR) is 94.2 cm³/mol. The van der Waals surface area contributed by atoms with Crippen molar-refractivity contribution in [1.29, 1.82) is 0 Å². The number of aliphatic hydroxyl groups is 1. The fourth-order valence-corrected chi connectivity index (χ4v) is 19.1. The van der Waals surface area contributed by atoms with Gasteiger partial charge in [0.2, 0.25) is 0 Å². The Hall–Kier alpha value is 0.134. The molecule has 3 heteroatoms.